The molecule has 2 aromatic heterocycles. The highest BCUT2D eigenvalue weighted by Gasteiger charge is 2.16. The third kappa shape index (κ3) is 3.11. The van der Waals surface area contributed by atoms with Crippen molar-refractivity contribution in [3.8, 4) is 0 Å². The van der Waals surface area contributed by atoms with Gasteiger partial charge in [0.2, 0.25) is 0 Å². The largest absolute Gasteiger partial charge is 0.309 e. The first-order chi connectivity index (χ1) is 8.81. The molecule has 3 nitrogen and oxygen atoms in total. The molecule has 2 heterocycles. The number of nitrogens with zero attached hydrogens (tertiary/aromatic N) is 2. The molecule has 0 amide bonds. The summed E-state index contributed by atoms with van der Waals surface area (Å²) in [6, 6.07) is 6.79. The van der Waals surface area contributed by atoms with Gasteiger partial charge in [-0.1, -0.05) is 13.0 Å². The van der Waals surface area contributed by atoms with Crippen molar-refractivity contribution in [3.63, 3.8) is 0 Å². The van der Waals surface area contributed by atoms with Gasteiger partial charge in [0.25, 0.3) is 0 Å². The molecule has 2 aromatic rings. The summed E-state index contributed by atoms with van der Waals surface area (Å²) in [7, 11) is 0. The van der Waals surface area contributed by atoms with Gasteiger partial charge in [0.15, 0.2) is 0 Å². The lowest BCUT2D eigenvalue weighted by Crippen LogP contribution is -2.25. The Morgan fingerprint density at radius 2 is 2.11 bits per heavy atom. The molecule has 18 heavy (non-hydrogen) atoms. The summed E-state index contributed by atoms with van der Waals surface area (Å²) in [5, 5.41) is 3.26. The first kappa shape index (κ1) is 12.6. The van der Waals surface area contributed by atoms with E-state index in [0.29, 0.717) is 12.1 Å². The van der Waals surface area contributed by atoms with Crippen LogP contribution in [-0.2, 0) is 6.42 Å². The highest BCUT2D eigenvalue weighted by atomic mass is 19.1. The van der Waals surface area contributed by atoms with Gasteiger partial charge in [-0.25, -0.2) is 4.39 Å². The molecule has 0 radical (unpaired) electrons. The van der Waals surface area contributed by atoms with Crippen molar-refractivity contribution in [2.45, 2.75) is 19.4 Å². The number of pyridine rings is 2. The van der Waals surface area contributed by atoms with E-state index in [-0.39, 0.29) is 11.9 Å². The maximum atomic E-state index is 13.7. The average Bonchev–Trinajstić information content (AvgIpc) is 2.40. The number of aromatic nitrogens is 2. The molecule has 0 aliphatic carbocycles. The molecule has 4 heteroatoms. The van der Waals surface area contributed by atoms with Gasteiger partial charge in [0, 0.05) is 18.6 Å². The molecule has 2 rings (SSSR count). The number of rotatable bonds is 5. The van der Waals surface area contributed by atoms with Crippen LogP contribution in [0.4, 0.5) is 4.39 Å². The molecule has 0 saturated heterocycles. The van der Waals surface area contributed by atoms with Crippen LogP contribution in [0.15, 0.2) is 42.9 Å². The lowest BCUT2D eigenvalue weighted by atomic mass is 10.0. The third-order valence-corrected chi connectivity index (χ3v) is 2.73. The molecule has 0 bridgehead atoms. The van der Waals surface area contributed by atoms with Crippen LogP contribution in [-0.4, -0.2) is 16.5 Å². The zero-order valence-electron chi connectivity index (χ0n) is 10.3. The smallest absolute Gasteiger partial charge is 0.146 e. The highest BCUT2D eigenvalue weighted by molar-refractivity contribution is 5.17. The van der Waals surface area contributed by atoms with E-state index in [1.54, 1.807) is 24.7 Å². The van der Waals surface area contributed by atoms with Gasteiger partial charge < -0.3 is 5.32 Å². The molecule has 94 valence electrons. The minimum Gasteiger partial charge on any atom is -0.309 e. The standard InChI is InChI=1S/C14H16FN3/c1-2-17-13(9-11-5-3-7-16-10-11)14-12(15)6-4-8-18-14/h3-8,10,13,17H,2,9H2,1H3. The van der Waals surface area contributed by atoms with Crippen molar-refractivity contribution >= 4 is 0 Å². The van der Waals surface area contributed by atoms with Crippen LogP contribution in [0.3, 0.4) is 0 Å². The Morgan fingerprint density at radius 3 is 2.78 bits per heavy atom. The van der Waals surface area contributed by atoms with Crippen LogP contribution < -0.4 is 5.32 Å². The van der Waals surface area contributed by atoms with E-state index in [0.717, 1.165) is 12.1 Å². The van der Waals surface area contributed by atoms with E-state index < -0.39 is 0 Å². The fraction of sp³-hybridized carbons (Fsp3) is 0.286. The van der Waals surface area contributed by atoms with Gasteiger partial charge in [-0.15, -0.1) is 0 Å². The normalized spacial score (nSPS) is 12.3. The summed E-state index contributed by atoms with van der Waals surface area (Å²) in [5.41, 5.74) is 1.52. The Kier molecular flexibility index (Phi) is 4.36. The summed E-state index contributed by atoms with van der Waals surface area (Å²) >= 11 is 0. The van der Waals surface area contributed by atoms with E-state index in [1.807, 2.05) is 19.1 Å². The van der Waals surface area contributed by atoms with Gasteiger partial charge in [-0.05, 0) is 36.7 Å². The summed E-state index contributed by atoms with van der Waals surface area (Å²) in [4.78, 5) is 8.21. The molecule has 1 N–H and O–H groups in total. The van der Waals surface area contributed by atoms with E-state index in [4.69, 9.17) is 0 Å². The van der Waals surface area contributed by atoms with Crippen LogP contribution in [0.5, 0.6) is 0 Å². The van der Waals surface area contributed by atoms with Crippen molar-refractivity contribution in [1.82, 2.24) is 15.3 Å². The maximum Gasteiger partial charge on any atom is 0.146 e. The average molecular weight is 245 g/mol. The highest BCUT2D eigenvalue weighted by Crippen LogP contribution is 2.18. The number of hydrogen-bond acceptors (Lipinski definition) is 3. The Morgan fingerprint density at radius 1 is 1.28 bits per heavy atom. The van der Waals surface area contributed by atoms with Gasteiger partial charge >= 0.3 is 0 Å². The molecule has 0 aliphatic heterocycles. The van der Waals surface area contributed by atoms with Crippen LogP contribution in [0.2, 0.25) is 0 Å². The van der Waals surface area contributed by atoms with Crippen molar-refractivity contribution in [1.29, 1.82) is 0 Å². The van der Waals surface area contributed by atoms with E-state index in [1.165, 1.54) is 6.07 Å². The Balaban J connectivity index is 2.21. The second-order valence-electron chi connectivity index (χ2n) is 4.05. The monoisotopic (exact) mass is 245 g/mol. The Labute approximate surface area is 106 Å². The van der Waals surface area contributed by atoms with Gasteiger partial charge in [-0.2, -0.15) is 0 Å². The van der Waals surface area contributed by atoms with Gasteiger partial charge in [-0.3, -0.25) is 9.97 Å². The molecule has 1 atom stereocenters. The minimum absolute atomic E-state index is 0.125. The summed E-state index contributed by atoms with van der Waals surface area (Å²) in [6.45, 7) is 2.76. The molecule has 0 saturated carbocycles. The number of likely N-dealkylation sites (N-methyl/N-ethyl adjacent to an activating group) is 1. The van der Waals surface area contributed by atoms with E-state index >= 15 is 0 Å². The van der Waals surface area contributed by atoms with Crippen molar-refractivity contribution < 1.29 is 4.39 Å². The lowest BCUT2D eigenvalue weighted by Gasteiger charge is -2.17. The molecular weight excluding hydrogens is 229 g/mol. The zero-order chi connectivity index (χ0) is 12.8. The summed E-state index contributed by atoms with van der Waals surface area (Å²) in [5.74, 6) is -0.271. The van der Waals surface area contributed by atoms with Gasteiger partial charge in [0.05, 0.1) is 11.7 Å². The zero-order valence-corrected chi connectivity index (χ0v) is 10.3. The molecule has 1 unspecified atom stereocenters. The first-order valence-electron chi connectivity index (χ1n) is 6.04. The molecule has 0 aromatic carbocycles. The predicted molar refractivity (Wildman–Crippen MR) is 68.6 cm³/mol. The minimum atomic E-state index is -0.271. The van der Waals surface area contributed by atoms with Crippen molar-refractivity contribution in [3.05, 3.63) is 59.9 Å². The lowest BCUT2D eigenvalue weighted by molar-refractivity contribution is 0.494. The fourth-order valence-corrected chi connectivity index (χ4v) is 1.92. The van der Waals surface area contributed by atoms with Crippen molar-refractivity contribution in [2.75, 3.05) is 6.54 Å². The predicted octanol–water partition coefficient (Wildman–Crippen LogP) is 2.51. The third-order valence-electron chi connectivity index (χ3n) is 2.73. The maximum absolute atomic E-state index is 13.7. The molecular formula is C14H16FN3. The summed E-state index contributed by atoms with van der Waals surface area (Å²) in [6.07, 6.45) is 5.82. The van der Waals surface area contributed by atoms with Crippen LogP contribution >= 0.6 is 0 Å². The van der Waals surface area contributed by atoms with E-state index in [9.17, 15) is 4.39 Å². The number of nitrogens with one attached hydrogen (secondary N) is 1. The fourth-order valence-electron chi connectivity index (χ4n) is 1.92. The second-order valence-corrected chi connectivity index (χ2v) is 4.05. The number of halogens is 1. The van der Waals surface area contributed by atoms with Crippen LogP contribution in [0.25, 0.3) is 0 Å². The van der Waals surface area contributed by atoms with Crippen LogP contribution in [0.1, 0.15) is 24.2 Å². The molecule has 0 spiro atoms. The summed E-state index contributed by atoms with van der Waals surface area (Å²) < 4.78 is 13.7. The Hall–Kier alpha value is -1.81. The van der Waals surface area contributed by atoms with Crippen LogP contribution in [0, 0.1) is 5.82 Å². The number of hydrogen-bond donors (Lipinski definition) is 1. The van der Waals surface area contributed by atoms with Crippen molar-refractivity contribution in [2.24, 2.45) is 0 Å². The van der Waals surface area contributed by atoms with Gasteiger partial charge in [0.1, 0.15) is 5.82 Å². The second kappa shape index (κ2) is 6.21. The topological polar surface area (TPSA) is 37.8 Å². The molecule has 0 fully saturated rings. The van der Waals surface area contributed by atoms with E-state index in [2.05, 4.69) is 15.3 Å². The Bertz CT molecular complexity index is 487. The first-order valence-corrected chi connectivity index (χ1v) is 6.04. The SMILES string of the molecule is CCNC(Cc1cccnc1)c1ncccc1F. The molecule has 0 aliphatic rings. The quantitative estimate of drug-likeness (QED) is 0.879.